The quantitative estimate of drug-likeness (QED) is 0.238. The maximum Gasteiger partial charge on any atom is 0.270 e. The summed E-state index contributed by atoms with van der Waals surface area (Å²) in [5.41, 5.74) is 1.04. The molecule has 0 bridgehead atoms. The summed E-state index contributed by atoms with van der Waals surface area (Å²) < 4.78 is 14.1. The first-order valence-corrected chi connectivity index (χ1v) is 10.6. The van der Waals surface area contributed by atoms with Crippen LogP contribution >= 0.6 is 11.6 Å². The summed E-state index contributed by atoms with van der Waals surface area (Å²) in [5.74, 6) is -2.65. The maximum atomic E-state index is 14.1. The van der Waals surface area contributed by atoms with Crippen molar-refractivity contribution in [1.29, 1.82) is 0 Å². The number of benzene rings is 3. The predicted octanol–water partition coefficient (Wildman–Crippen LogP) is 4.45. The molecule has 0 saturated carbocycles. The third-order valence-corrected chi connectivity index (χ3v) is 6.31. The van der Waals surface area contributed by atoms with Crippen LogP contribution in [0.2, 0.25) is 5.02 Å². The maximum absolute atomic E-state index is 14.1. The number of anilines is 1. The first kappa shape index (κ1) is 21.7. The van der Waals surface area contributed by atoms with Gasteiger partial charge in [0.15, 0.2) is 0 Å². The fourth-order valence-electron chi connectivity index (χ4n) is 4.47. The molecule has 0 aliphatic carbocycles. The topological polar surface area (TPSA) is 101 Å². The molecule has 0 unspecified atom stereocenters. The van der Waals surface area contributed by atoms with Gasteiger partial charge in [-0.3, -0.25) is 29.4 Å². The van der Waals surface area contributed by atoms with Crippen LogP contribution in [0.5, 0.6) is 0 Å². The van der Waals surface area contributed by atoms with E-state index in [2.05, 4.69) is 0 Å². The zero-order valence-electron chi connectivity index (χ0n) is 17.6. The molecule has 2 aliphatic rings. The number of aryl methyl sites for hydroxylation is 1. The molecule has 3 aromatic rings. The van der Waals surface area contributed by atoms with Crippen LogP contribution in [0.15, 0.2) is 60.7 Å². The van der Waals surface area contributed by atoms with E-state index < -0.39 is 40.5 Å². The molecule has 34 heavy (non-hydrogen) atoms. The highest BCUT2D eigenvalue weighted by Gasteiger charge is 2.57. The molecular weight excluding hydrogens is 465 g/mol. The van der Waals surface area contributed by atoms with Crippen molar-refractivity contribution < 1.29 is 23.7 Å². The number of carbonyl (C=O) groups is 3. The van der Waals surface area contributed by atoms with Crippen molar-refractivity contribution in [3.8, 4) is 0 Å². The van der Waals surface area contributed by atoms with Gasteiger partial charge >= 0.3 is 0 Å². The SMILES string of the molecule is Cc1ccc(Cl)cc1N1C(=O)[C@@H](N2C(=O)c3ccc([N+](=O)[O-])cc3C2=O)[C@H]1c1cccc(F)c1. The van der Waals surface area contributed by atoms with E-state index in [0.717, 1.165) is 22.6 Å². The van der Waals surface area contributed by atoms with Gasteiger partial charge in [-0.05, 0) is 48.4 Å². The van der Waals surface area contributed by atoms with Crippen molar-refractivity contribution in [2.24, 2.45) is 0 Å². The van der Waals surface area contributed by atoms with Crippen LogP contribution in [0.4, 0.5) is 15.8 Å². The van der Waals surface area contributed by atoms with Gasteiger partial charge in [0.25, 0.3) is 23.4 Å². The van der Waals surface area contributed by atoms with Gasteiger partial charge in [-0.2, -0.15) is 0 Å². The van der Waals surface area contributed by atoms with Gasteiger partial charge in [0.2, 0.25) is 0 Å². The van der Waals surface area contributed by atoms with Gasteiger partial charge in [-0.15, -0.1) is 0 Å². The van der Waals surface area contributed by atoms with E-state index in [9.17, 15) is 28.9 Å². The van der Waals surface area contributed by atoms with Crippen LogP contribution in [0.25, 0.3) is 0 Å². The number of hydrogen-bond acceptors (Lipinski definition) is 5. The minimum atomic E-state index is -1.26. The first-order chi connectivity index (χ1) is 16.2. The standard InChI is InChI=1S/C24H15ClFN3O5/c1-12-5-6-14(25)10-19(12)27-20(13-3-2-4-15(26)9-13)21(24(27)32)28-22(30)17-8-7-16(29(33)34)11-18(17)23(28)31/h2-11,20-21H,1H3/t20-,21+/m1/s1. The summed E-state index contributed by atoms with van der Waals surface area (Å²) in [4.78, 5) is 52.4. The lowest BCUT2D eigenvalue weighted by Gasteiger charge is -2.50. The lowest BCUT2D eigenvalue weighted by atomic mass is 9.85. The third-order valence-electron chi connectivity index (χ3n) is 6.08. The number of hydrogen-bond donors (Lipinski definition) is 0. The predicted molar refractivity (Wildman–Crippen MR) is 120 cm³/mol. The summed E-state index contributed by atoms with van der Waals surface area (Å²) in [6.45, 7) is 1.77. The van der Waals surface area contributed by atoms with E-state index in [0.29, 0.717) is 16.3 Å². The van der Waals surface area contributed by atoms with Crippen molar-refractivity contribution in [2.45, 2.75) is 19.0 Å². The van der Waals surface area contributed by atoms with Crippen molar-refractivity contribution in [3.05, 3.63) is 104 Å². The summed E-state index contributed by atoms with van der Waals surface area (Å²) in [6.07, 6.45) is 0. The van der Waals surface area contributed by atoms with Crippen LogP contribution in [0, 0.1) is 22.9 Å². The number of fused-ring (bicyclic) bond motifs is 1. The third kappa shape index (κ3) is 3.16. The van der Waals surface area contributed by atoms with Crippen LogP contribution in [-0.2, 0) is 4.79 Å². The molecule has 8 nitrogen and oxygen atoms in total. The fraction of sp³-hybridized carbons (Fsp3) is 0.125. The first-order valence-electron chi connectivity index (χ1n) is 10.2. The van der Waals surface area contributed by atoms with Crippen LogP contribution in [0.3, 0.4) is 0 Å². The molecule has 2 aliphatic heterocycles. The van der Waals surface area contributed by atoms with Crippen molar-refractivity contribution >= 4 is 40.7 Å². The highest BCUT2D eigenvalue weighted by atomic mass is 35.5. The molecule has 1 fully saturated rings. The summed E-state index contributed by atoms with van der Waals surface area (Å²) in [7, 11) is 0. The molecule has 3 amide bonds. The van der Waals surface area contributed by atoms with Crippen LogP contribution < -0.4 is 4.90 Å². The number of halogens is 2. The summed E-state index contributed by atoms with van der Waals surface area (Å²) in [5, 5.41) is 11.5. The second-order valence-electron chi connectivity index (χ2n) is 8.05. The molecule has 0 N–H and O–H groups in total. The van der Waals surface area contributed by atoms with Gasteiger partial charge in [-0.1, -0.05) is 29.8 Å². The van der Waals surface area contributed by atoms with E-state index >= 15 is 0 Å². The zero-order valence-corrected chi connectivity index (χ0v) is 18.3. The largest absolute Gasteiger partial charge is 0.300 e. The number of nitrogens with zero attached hydrogens (tertiary/aromatic N) is 3. The van der Waals surface area contributed by atoms with Gasteiger partial charge in [0.1, 0.15) is 11.9 Å². The molecule has 0 aromatic heterocycles. The summed E-state index contributed by atoms with van der Waals surface area (Å²) >= 11 is 6.15. The zero-order chi connectivity index (χ0) is 24.3. The van der Waals surface area contributed by atoms with Gasteiger partial charge in [0.05, 0.1) is 22.1 Å². The lowest BCUT2D eigenvalue weighted by molar-refractivity contribution is -0.384. The molecule has 3 aromatic carbocycles. The molecule has 10 heteroatoms. The average Bonchev–Trinajstić information content (AvgIpc) is 3.04. The Bertz CT molecular complexity index is 1430. The number of nitro benzene ring substituents is 1. The number of nitro groups is 1. The Morgan fingerprint density at radius 2 is 1.65 bits per heavy atom. The Morgan fingerprint density at radius 1 is 0.912 bits per heavy atom. The molecule has 2 heterocycles. The van der Waals surface area contributed by atoms with Gasteiger partial charge in [-0.25, -0.2) is 4.39 Å². The minimum absolute atomic E-state index is 0.0289. The number of imide groups is 1. The highest BCUT2D eigenvalue weighted by Crippen LogP contribution is 2.46. The molecule has 170 valence electrons. The van der Waals surface area contributed by atoms with E-state index in [4.69, 9.17) is 11.6 Å². The van der Waals surface area contributed by atoms with Gasteiger partial charge < -0.3 is 4.90 Å². The number of rotatable bonds is 4. The molecule has 0 radical (unpaired) electrons. The average molecular weight is 480 g/mol. The molecule has 2 atom stereocenters. The molecule has 5 rings (SSSR count). The number of carbonyl (C=O) groups excluding carboxylic acids is 3. The lowest BCUT2D eigenvalue weighted by Crippen LogP contribution is -2.67. The second kappa shape index (κ2) is 7.74. The number of β-lactam (4-membered cyclic amide) rings is 1. The Kier molecular flexibility index (Phi) is 4.94. The summed E-state index contributed by atoms with van der Waals surface area (Å²) in [6, 6.07) is 11.7. The Hall–Kier alpha value is -4.11. The van der Waals surface area contributed by atoms with E-state index in [1.54, 1.807) is 31.2 Å². The van der Waals surface area contributed by atoms with Crippen LogP contribution in [0.1, 0.15) is 37.9 Å². The van der Waals surface area contributed by atoms with Crippen molar-refractivity contribution in [2.75, 3.05) is 4.90 Å². The van der Waals surface area contributed by atoms with Crippen molar-refractivity contribution in [1.82, 2.24) is 4.90 Å². The second-order valence-corrected chi connectivity index (χ2v) is 8.49. The Morgan fingerprint density at radius 3 is 2.35 bits per heavy atom. The van der Waals surface area contributed by atoms with Crippen molar-refractivity contribution in [3.63, 3.8) is 0 Å². The van der Waals surface area contributed by atoms with E-state index in [1.165, 1.54) is 29.2 Å². The minimum Gasteiger partial charge on any atom is -0.300 e. The van der Waals surface area contributed by atoms with Gasteiger partial charge in [0, 0.05) is 22.8 Å². The molecular formula is C24H15ClFN3O5. The highest BCUT2D eigenvalue weighted by molar-refractivity contribution is 6.31. The van der Waals surface area contributed by atoms with E-state index in [1.807, 2.05) is 0 Å². The fourth-order valence-corrected chi connectivity index (χ4v) is 4.64. The van der Waals surface area contributed by atoms with Crippen LogP contribution in [-0.4, -0.2) is 33.6 Å². The monoisotopic (exact) mass is 479 g/mol. The molecule has 0 spiro atoms. The smallest absolute Gasteiger partial charge is 0.270 e. The normalized spacial score (nSPS) is 19.3. The number of non-ortho nitro benzene ring substituents is 1. The van der Waals surface area contributed by atoms with E-state index in [-0.39, 0.29) is 16.8 Å². The Balaban J connectivity index is 1.61. The number of amides is 3. The Labute approximate surface area is 197 Å². The molecule has 1 saturated heterocycles.